The van der Waals surface area contributed by atoms with Gasteiger partial charge in [-0.05, 0) is 30.5 Å². The van der Waals surface area contributed by atoms with Crippen LogP contribution in [0.25, 0.3) is 0 Å². The van der Waals surface area contributed by atoms with Crippen molar-refractivity contribution >= 4 is 11.6 Å². The Kier molecular flexibility index (Phi) is 3.78. The molecule has 0 bridgehead atoms. The Labute approximate surface area is 139 Å². The molecule has 0 N–H and O–H groups in total. The summed E-state index contributed by atoms with van der Waals surface area (Å²) in [5.41, 5.74) is 3.33. The smallest absolute Gasteiger partial charge is 0.280 e. The monoisotopic (exact) mass is 319 g/mol. The topological polar surface area (TPSA) is 63.9 Å². The van der Waals surface area contributed by atoms with Crippen LogP contribution in [-0.4, -0.2) is 32.4 Å². The molecule has 1 amide bonds. The molecule has 0 fully saturated rings. The quantitative estimate of drug-likeness (QED) is 0.743. The van der Waals surface area contributed by atoms with Crippen LogP contribution in [0.2, 0.25) is 0 Å². The van der Waals surface area contributed by atoms with Gasteiger partial charge in [0.2, 0.25) is 0 Å². The number of carbonyl (C=O) groups is 1. The molecule has 4 rings (SSSR count). The number of hydrogen-bond donors (Lipinski definition) is 0. The second-order valence-corrected chi connectivity index (χ2v) is 5.82. The van der Waals surface area contributed by atoms with Crippen molar-refractivity contribution < 1.29 is 4.79 Å². The van der Waals surface area contributed by atoms with Crippen molar-refractivity contribution in [3.05, 3.63) is 71.8 Å². The van der Waals surface area contributed by atoms with Gasteiger partial charge >= 0.3 is 0 Å². The van der Waals surface area contributed by atoms with Gasteiger partial charge in [0.05, 0.1) is 24.1 Å². The zero-order valence-corrected chi connectivity index (χ0v) is 13.2. The lowest BCUT2D eigenvalue weighted by atomic mass is 10.1. The Balaban J connectivity index is 1.56. The molecule has 6 nitrogen and oxygen atoms in total. The average molecular weight is 319 g/mol. The van der Waals surface area contributed by atoms with Gasteiger partial charge in [-0.2, -0.15) is 0 Å². The third kappa shape index (κ3) is 2.78. The van der Waals surface area contributed by atoms with Crippen LogP contribution in [-0.2, 0) is 13.0 Å². The number of amides is 1. The number of carbonyl (C=O) groups excluding carboxylic acids is 1. The van der Waals surface area contributed by atoms with E-state index in [1.165, 1.54) is 0 Å². The third-order valence-corrected chi connectivity index (χ3v) is 4.14. The van der Waals surface area contributed by atoms with Crippen LogP contribution >= 0.6 is 0 Å². The van der Waals surface area contributed by atoms with E-state index in [9.17, 15) is 4.79 Å². The summed E-state index contributed by atoms with van der Waals surface area (Å²) < 4.78 is 1.69. The van der Waals surface area contributed by atoms with E-state index in [4.69, 9.17) is 0 Å². The summed E-state index contributed by atoms with van der Waals surface area (Å²) >= 11 is 0. The molecule has 6 heteroatoms. The first-order valence-electron chi connectivity index (χ1n) is 8.01. The van der Waals surface area contributed by atoms with E-state index >= 15 is 0 Å². The van der Waals surface area contributed by atoms with E-state index in [1.807, 2.05) is 42.5 Å². The Hall–Kier alpha value is -3.02. The van der Waals surface area contributed by atoms with Gasteiger partial charge in [-0.25, -0.2) is 4.68 Å². The number of hydrogen-bond acceptors (Lipinski definition) is 4. The van der Waals surface area contributed by atoms with E-state index in [-0.39, 0.29) is 5.91 Å². The third-order valence-electron chi connectivity index (χ3n) is 4.14. The summed E-state index contributed by atoms with van der Waals surface area (Å²) in [5, 5.41) is 8.15. The molecule has 0 aliphatic carbocycles. The van der Waals surface area contributed by atoms with Gasteiger partial charge < -0.3 is 4.90 Å². The molecule has 3 heterocycles. The van der Waals surface area contributed by atoms with Crippen LogP contribution in [0.15, 0.2) is 54.9 Å². The minimum absolute atomic E-state index is 0.122. The molecule has 0 saturated heterocycles. The second kappa shape index (κ2) is 6.23. The fourth-order valence-electron chi connectivity index (χ4n) is 2.99. The predicted molar refractivity (Wildman–Crippen MR) is 89.8 cm³/mol. The number of aryl methyl sites for hydroxylation is 1. The summed E-state index contributed by atoms with van der Waals surface area (Å²) in [7, 11) is 0. The molecule has 120 valence electrons. The number of benzene rings is 1. The first kappa shape index (κ1) is 14.6. The van der Waals surface area contributed by atoms with Gasteiger partial charge in [-0.15, -0.1) is 5.10 Å². The highest BCUT2D eigenvalue weighted by Gasteiger charge is 2.26. The first-order valence-corrected chi connectivity index (χ1v) is 8.01. The van der Waals surface area contributed by atoms with Crippen LogP contribution in [0.1, 0.15) is 28.2 Å². The van der Waals surface area contributed by atoms with E-state index in [0.717, 1.165) is 29.8 Å². The molecule has 1 aliphatic rings. The molecule has 0 unspecified atom stereocenters. The first-order chi connectivity index (χ1) is 11.8. The van der Waals surface area contributed by atoms with Gasteiger partial charge in [0, 0.05) is 12.7 Å². The van der Waals surface area contributed by atoms with E-state index in [1.54, 1.807) is 22.0 Å². The molecule has 1 aromatic carbocycles. The summed E-state index contributed by atoms with van der Waals surface area (Å²) in [5.74, 6) is -0.122. The molecule has 3 aromatic rings. The maximum absolute atomic E-state index is 12.8. The van der Waals surface area contributed by atoms with Gasteiger partial charge in [-0.3, -0.25) is 9.78 Å². The van der Waals surface area contributed by atoms with Crippen LogP contribution in [0.3, 0.4) is 0 Å². The Morgan fingerprint density at radius 2 is 2.00 bits per heavy atom. The molecule has 2 aromatic heterocycles. The van der Waals surface area contributed by atoms with Gasteiger partial charge in [0.25, 0.3) is 5.91 Å². The minimum Gasteiger partial charge on any atom is -0.305 e. The fourth-order valence-corrected chi connectivity index (χ4v) is 2.99. The zero-order chi connectivity index (χ0) is 16.4. The summed E-state index contributed by atoms with van der Waals surface area (Å²) in [6, 6.07) is 13.8. The Bertz CT molecular complexity index is 859. The fraction of sp³-hybridized carbons (Fsp3) is 0.222. The Morgan fingerprint density at radius 1 is 1.12 bits per heavy atom. The van der Waals surface area contributed by atoms with Crippen LogP contribution in [0, 0.1) is 0 Å². The highest BCUT2D eigenvalue weighted by Crippen LogP contribution is 2.26. The van der Waals surface area contributed by atoms with E-state index in [2.05, 4.69) is 15.3 Å². The lowest BCUT2D eigenvalue weighted by Crippen LogP contribution is -2.36. The molecule has 0 radical (unpaired) electrons. The number of anilines is 1. The second-order valence-electron chi connectivity index (χ2n) is 5.82. The van der Waals surface area contributed by atoms with Gasteiger partial charge in [0.1, 0.15) is 0 Å². The van der Waals surface area contributed by atoms with Crippen molar-refractivity contribution in [2.24, 2.45) is 0 Å². The number of rotatable bonds is 3. The number of aromatic nitrogens is 4. The standard InChI is InChI=1S/C18H17N5O/c24-18(23-11-5-8-15-17(23)9-4-10-19-15)16-13-22(21-20-16)12-14-6-2-1-3-7-14/h1-4,6-7,9-10,13H,5,8,11-12H2. The summed E-state index contributed by atoms with van der Waals surface area (Å²) in [6.45, 7) is 1.28. The molecular weight excluding hydrogens is 302 g/mol. The van der Waals surface area contributed by atoms with Crippen molar-refractivity contribution in [1.29, 1.82) is 0 Å². The van der Waals surface area contributed by atoms with Crippen molar-refractivity contribution in [1.82, 2.24) is 20.0 Å². The maximum Gasteiger partial charge on any atom is 0.280 e. The summed E-state index contributed by atoms with van der Waals surface area (Å²) in [6.07, 6.45) is 5.29. The van der Waals surface area contributed by atoms with E-state index in [0.29, 0.717) is 18.8 Å². The van der Waals surface area contributed by atoms with Crippen LogP contribution in [0.4, 0.5) is 5.69 Å². The van der Waals surface area contributed by atoms with Crippen molar-refractivity contribution in [3.63, 3.8) is 0 Å². The molecule has 0 spiro atoms. The summed E-state index contributed by atoms with van der Waals surface area (Å²) in [4.78, 5) is 18.9. The lowest BCUT2D eigenvalue weighted by Gasteiger charge is -2.27. The number of fused-ring (bicyclic) bond motifs is 1. The molecular formula is C18H17N5O. The van der Waals surface area contributed by atoms with E-state index < -0.39 is 0 Å². The highest BCUT2D eigenvalue weighted by atomic mass is 16.2. The molecule has 24 heavy (non-hydrogen) atoms. The largest absolute Gasteiger partial charge is 0.305 e. The molecule has 0 atom stereocenters. The molecule has 1 aliphatic heterocycles. The highest BCUT2D eigenvalue weighted by molar-refractivity contribution is 6.05. The molecule has 0 saturated carbocycles. The van der Waals surface area contributed by atoms with Crippen LogP contribution < -0.4 is 4.90 Å². The van der Waals surface area contributed by atoms with Gasteiger partial charge in [0.15, 0.2) is 5.69 Å². The average Bonchev–Trinajstić information content (AvgIpc) is 3.10. The Morgan fingerprint density at radius 3 is 2.88 bits per heavy atom. The number of nitrogens with zero attached hydrogens (tertiary/aromatic N) is 5. The van der Waals surface area contributed by atoms with Crippen molar-refractivity contribution in [2.75, 3.05) is 11.4 Å². The van der Waals surface area contributed by atoms with Crippen LogP contribution in [0.5, 0.6) is 0 Å². The van der Waals surface area contributed by atoms with Crippen molar-refractivity contribution in [3.8, 4) is 0 Å². The lowest BCUT2D eigenvalue weighted by molar-refractivity contribution is 0.0980. The van der Waals surface area contributed by atoms with Gasteiger partial charge in [-0.1, -0.05) is 35.5 Å². The predicted octanol–water partition coefficient (Wildman–Crippen LogP) is 2.31. The normalized spacial score (nSPS) is 13.6. The SMILES string of the molecule is O=C(c1cn(Cc2ccccc2)nn1)N1CCCc2ncccc21. The maximum atomic E-state index is 12.8. The number of pyridine rings is 1. The minimum atomic E-state index is -0.122. The zero-order valence-electron chi connectivity index (χ0n) is 13.2. The van der Waals surface area contributed by atoms with Crippen molar-refractivity contribution in [2.45, 2.75) is 19.4 Å².